The van der Waals surface area contributed by atoms with Crippen LogP contribution in [0.3, 0.4) is 0 Å². The van der Waals surface area contributed by atoms with Gasteiger partial charge in [-0.2, -0.15) is 18.4 Å². The van der Waals surface area contributed by atoms with Crippen molar-refractivity contribution in [2.24, 2.45) is 0 Å². The highest BCUT2D eigenvalue weighted by molar-refractivity contribution is 8.05. The van der Waals surface area contributed by atoms with Crippen molar-refractivity contribution in [3.8, 4) is 11.8 Å². The monoisotopic (exact) mass is 400 g/mol. The SMILES string of the molecule is C/C=C(\C(=N)S(=O)(=O)NC(=O)Nc1nc(OC)cc(OC)n1)C(=O)N(C)C. The maximum absolute atomic E-state index is 12.2. The molecule has 0 fully saturated rings. The Bertz CT molecular complexity index is 858. The molecule has 0 spiro atoms. The van der Waals surface area contributed by atoms with Crippen molar-refractivity contribution >= 4 is 33.0 Å². The minimum atomic E-state index is -4.61. The van der Waals surface area contributed by atoms with Gasteiger partial charge in [0.2, 0.25) is 17.7 Å². The molecule has 0 aromatic carbocycles. The van der Waals surface area contributed by atoms with Crippen LogP contribution in [0.15, 0.2) is 17.7 Å². The number of nitrogens with one attached hydrogen (secondary N) is 3. The van der Waals surface area contributed by atoms with Crippen LogP contribution in [-0.4, -0.2) is 68.6 Å². The first-order chi connectivity index (χ1) is 12.5. The lowest BCUT2D eigenvalue weighted by molar-refractivity contribution is -0.124. The highest BCUT2D eigenvalue weighted by Gasteiger charge is 2.29. The molecular weight excluding hydrogens is 380 g/mol. The van der Waals surface area contributed by atoms with Gasteiger partial charge in [0, 0.05) is 14.1 Å². The van der Waals surface area contributed by atoms with Crippen molar-refractivity contribution in [3.63, 3.8) is 0 Å². The lowest BCUT2D eigenvalue weighted by atomic mass is 10.2. The summed E-state index contributed by atoms with van der Waals surface area (Å²) in [6, 6.07) is 0.114. The van der Waals surface area contributed by atoms with Crippen LogP contribution in [0.5, 0.6) is 11.8 Å². The van der Waals surface area contributed by atoms with Crippen LogP contribution in [0, 0.1) is 5.41 Å². The molecule has 0 saturated heterocycles. The van der Waals surface area contributed by atoms with Crippen LogP contribution < -0.4 is 19.5 Å². The number of anilines is 1. The normalized spacial score (nSPS) is 11.4. The van der Waals surface area contributed by atoms with Gasteiger partial charge in [0.05, 0.1) is 25.9 Å². The van der Waals surface area contributed by atoms with Crippen molar-refractivity contribution < 1.29 is 27.5 Å². The van der Waals surface area contributed by atoms with Crippen molar-refractivity contribution in [2.45, 2.75) is 6.92 Å². The number of aromatic nitrogens is 2. The van der Waals surface area contributed by atoms with Crippen LogP contribution in [0.1, 0.15) is 6.92 Å². The van der Waals surface area contributed by atoms with Gasteiger partial charge in [0.1, 0.15) is 0 Å². The van der Waals surface area contributed by atoms with Crippen LogP contribution in [0.4, 0.5) is 10.7 Å². The van der Waals surface area contributed by atoms with E-state index in [1.165, 1.54) is 41.3 Å². The van der Waals surface area contributed by atoms with E-state index in [1.807, 2.05) is 0 Å². The molecule has 0 radical (unpaired) electrons. The number of amides is 3. The van der Waals surface area contributed by atoms with Crippen molar-refractivity contribution in [1.29, 1.82) is 5.41 Å². The molecule has 13 heteroatoms. The number of urea groups is 1. The predicted molar refractivity (Wildman–Crippen MR) is 96.4 cm³/mol. The molecule has 0 unspecified atom stereocenters. The molecule has 3 N–H and O–H groups in total. The molecule has 0 aliphatic rings. The molecule has 148 valence electrons. The lowest BCUT2D eigenvalue weighted by Gasteiger charge is -2.15. The van der Waals surface area contributed by atoms with Gasteiger partial charge in [-0.05, 0) is 6.92 Å². The molecule has 0 aliphatic carbocycles. The van der Waals surface area contributed by atoms with E-state index in [1.54, 1.807) is 4.72 Å². The Hall–Kier alpha value is -3.22. The largest absolute Gasteiger partial charge is 0.481 e. The predicted octanol–water partition coefficient (Wildman–Crippen LogP) is -0.0431. The fourth-order valence-corrected chi connectivity index (χ4v) is 2.60. The van der Waals surface area contributed by atoms with E-state index in [4.69, 9.17) is 14.9 Å². The van der Waals surface area contributed by atoms with Gasteiger partial charge in [-0.3, -0.25) is 15.5 Å². The fourth-order valence-electron chi connectivity index (χ4n) is 1.71. The van der Waals surface area contributed by atoms with Crippen LogP contribution >= 0.6 is 0 Å². The molecule has 0 bridgehead atoms. The molecule has 0 aliphatic heterocycles. The average molecular weight is 400 g/mol. The first kappa shape index (κ1) is 21.8. The van der Waals surface area contributed by atoms with E-state index in [2.05, 4.69) is 15.3 Å². The molecule has 1 aromatic rings. The second-order valence-electron chi connectivity index (χ2n) is 5.07. The smallest absolute Gasteiger partial charge is 0.335 e. The number of allylic oxidation sites excluding steroid dienone is 1. The molecule has 3 amide bonds. The van der Waals surface area contributed by atoms with Gasteiger partial charge in [-0.15, -0.1) is 0 Å². The number of ether oxygens (including phenoxy) is 2. The maximum atomic E-state index is 12.2. The van der Waals surface area contributed by atoms with E-state index in [9.17, 15) is 18.0 Å². The van der Waals surface area contributed by atoms with E-state index in [0.717, 1.165) is 11.0 Å². The number of sulfonamides is 1. The molecule has 0 atom stereocenters. The van der Waals surface area contributed by atoms with Gasteiger partial charge in [0.15, 0.2) is 5.04 Å². The molecular formula is C14H20N6O6S. The number of carbonyl (C=O) groups is 2. The Morgan fingerprint density at radius 3 is 2.11 bits per heavy atom. The fraction of sp³-hybridized carbons (Fsp3) is 0.357. The zero-order chi connectivity index (χ0) is 20.8. The summed E-state index contributed by atoms with van der Waals surface area (Å²) in [7, 11) is 0.853. The van der Waals surface area contributed by atoms with Crippen molar-refractivity contribution in [2.75, 3.05) is 33.6 Å². The molecule has 1 aromatic heterocycles. The van der Waals surface area contributed by atoms with E-state index >= 15 is 0 Å². The minimum Gasteiger partial charge on any atom is -0.481 e. The molecule has 27 heavy (non-hydrogen) atoms. The lowest BCUT2D eigenvalue weighted by Crippen LogP contribution is -2.41. The maximum Gasteiger partial charge on any atom is 0.335 e. The summed E-state index contributed by atoms with van der Waals surface area (Å²) in [4.78, 5) is 32.7. The Morgan fingerprint density at radius 1 is 1.19 bits per heavy atom. The summed E-state index contributed by atoms with van der Waals surface area (Å²) in [5.74, 6) is -0.851. The molecule has 1 heterocycles. The molecule has 0 saturated carbocycles. The highest BCUT2D eigenvalue weighted by Crippen LogP contribution is 2.17. The first-order valence-corrected chi connectivity index (χ1v) is 8.81. The molecule has 1 rings (SSSR count). The number of likely N-dealkylation sites (N-methyl/N-ethyl adjacent to an activating group) is 1. The summed E-state index contributed by atoms with van der Waals surface area (Å²) in [6.07, 6.45) is 1.16. The highest BCUT2D eigenvalue weighted by atomic mass is 32.2. The first-order valence-electron chi connectivity index (χ1n) is 7.33. The van der Waals surface area contributed by atoms with Gasteiger partial charge in [-0.1, -0.05) is 6.08 Å². The molecule has 12 nitrogen and oxygen atoms in total. The topological polar surface area (TPSA) is 164 Å². The third-order valence-corrected chi connectivity index (χ3v) is 4.20. The number of rotatable bonds is 5. The standard InChI is InChI=1S/C14H20N6O6S/c1-6-8(12(21)20(2)3)11(15)27(23,24)19-14(22)18-13-16-9(25-4)7-10(17-13)26-5/h6-7,15H,1-5H3,(H2,16,17,18,19,22)/b8-6+,15-11?. The second-order valence-corrected chi connectivity index (χ2v) is 6.69. The number of hydrogen-bond acceptors (Lipinski definition) is 9. The summed E-state index contributed by atoms with van der Waals surface area (Å²) >= 11 is 0. The minimum absolute atomic E-state index is 0.0699. The van der Waals surface area contributed by atoms with Crippen molar-refractivity contribution in [1.82, 2.24) is 19.6 Å². The summed E-state index contributed by atoms with van der Waals surface area (Å²) in [5, 5.41) is 8.79. The van der Waals surface area contributed by atoms with E-state index < -0.39 is 27.0 Å². The number of carbonyl (C=O) groups excluding carboxylic acids is 2. The summed E-state index contributed by atoms with van der Waals surface area (Å²) in [5.41, 5.74) is -0.389. The van der Waals surface area contributed by atoms with Gasteiger partial charge < -0.3 is 14.4 Å². The second kappa shape index (κ2) is 8.93. The summed E-state index contributed by atoms with van der Waals surface area (Å²) < 4.78 is 35.8. The quantitative estimate of drug-likeness (QED) is 0.352. The Balaban J connectivity index is 2.98. The third kappa shape index (κ3) is 5.64. The zero-order valence-corrected chi connectivity index (χ0v) is 16.2. The summed E-state index contributed by atoms with van der Waals surface area (Å²) in [6.45, 7) is 1.40. The van der Waals surface area contributed by atoms with Crippen LogP contribution in [0.25, 0.3) is 0 Å². The number of nitrogens with zero attached hydrogens (tertiary/aromatic N) is 3. The van der Waals surface area contributed by atoms with E-state index in [0.29, 0.717) is 0 Å². The third-order valence-electron chi connectivity index (χ3n) is 2.99. The van der Waals surface area contributed by atoms with Crippen LogP contribution in [0.2, 0.25) is 0 Å². The number of methoxy groups -OCH3 is 2. The van der Waals surface area contributed by atoms with E-state index in [-0.39, 0.29) is 23.3 Å². The zero-order valence-electron chi connectivity index (χ0n) is 15.4. The van der Waals surface area contributed by atoms with Gasteiger partial charge >= 0.3 is 6.03 Å². The number of hydrogen-bond donors (Lipinski definition) is 3. The Kier molecular flexibility index (Phi) is 7.22. The Morgan fingerprint density at radius 2 is 1.70 bits per heavy atom. The Labute approximate surface area is 156 Å². The van der Waals surface area contributed by atoms with Gasteiger partial charge in [0.25, 0.3) is 15.9 Å². The van der Waals surface area contributed by atoms with Crippen LogP contribution in [-0.2, 0) is 14.8 Å². The van der Waals surface area contributed by atoms with Gasteiger partial charge in [-0.25, -0.2) is 9.52 Å². The van der Waals surface area contributed by atoms with Crippen molar-refractivity contribution in [3.05, 3.63) is 17.7 Å². The average Bonchev–Trinajstić information content (AvgIpc) is 2.60.